The number of nitrogens with zero attached hydrogens (tertiary/aromatic N) is 7. The highest BCUT2D eigenvalue weighted by Crippen LogP contribution is 2.33. The summed E-state index contributed by atoms with van der Waals surface area (Å²) in [6.45, 7) is 2.99. The lowest BCUT2D eigenvalue weighted by Crippen LogP contribution is -2.45. The van der Waals surface area contributed by atoms with E-state index in [0.29, 0.717) is 39.2 Å². The Morgan fingerprint density at radius 3 is 3.00 bits per heavy atom. The Kier molecular flexibility index (Phi) is 4.16. The number of ether oxygens (including phenoxy) is 1. The topological polar surface area (TPSA) is 91.0 Å². The smallest absolute Gasteiger partial charge is 0.227 e. The van der Waals surface area contributed by atoms with Crippen molar-refractivity contribution in [3.63, 3.8) is 0 Å². The van der Waals surface area contributed by atoms with Gasteiger partial charge in [-0.3, -0.25) is 9.78 Å². The average molecular weight is 379 g/mol. The number of pyridine rings is 1. The molecule has 1 saturated heterocycles. The lowest BCUT2D eigenvalue weighted by Gasteiger charge is -2.34. The van der Waals surface area contributed by atoms with Crippen LogP contribution in [-0.2, 0) is 35.6 Å². The van der Waals surface area contributed by atoms with Crippen molar-refractivity contribution in [3.05, 3.63) is 60.5 Å². The summed E-state index contributed by atoms with van der Waals surface area (Å²) in [5.74, 6) is 1.83. The number of amides is 1. The van der Waals surface area contributed by atoms with Crippen LogP contribution >= 0.6 is 0 Å². The standard InChI is InChI=1S/C19H21N7O2/c27-18(8-15-2-1-4-20-9-15)25-6-3-19(12-25)13-26-16(10-24-7-5-21-14-24)22-23-17(26)11-28-19/h1-2,4-5,7,9,14H,3,6,8,10-13H2. The number of likely N-dealkylation sites (tertiary alicyclic amines) is 1. The van der Waals surface area contributed by atoms with E-state index in [1.165, 1.54) is 0 Å². The highest BCUT2D eigenvalue weighted by molar-refractivity contribution is 5.79. The van der Waals surface area contributed by atoms with Crippen molar-refractivity contribution in [2.45, 2.75) is 38.1 Å². The van der Waals surface area contributed by atoms with Gasteiger partial charge < -0.3 is 18.8 Å². The van der Waals surface area contributed by atoms with Gasteiger partial charge in [-0.15, -0.1) is 10.2 Å². The minimum absolute atomic E-state index is 0.113. The fourth-order valence-electron chi connectivity index (χ4n) is 3.97. The van der Waals surface area contributed by atoms with E-state index in [0.717, 1.165) is 23.6 Å². The van der Waals surface area contributed by atoms with E-state index in [9.17, 15) is 4.79 Å². The van der Waals surface area contributed by atoms with Crippen molar-refractivity contribution in [1.82, 2.24) is 34.2 Å². The summed E-state index contributed by atoms with van der Waals surface area (Å²) >= 11 is 0. The first-order valence-electron chi connectivity index (χ1n) is 9.38. The van der Waals surface area contributed by atoms with E-state index in [2.05, 4.69) is 24.7 Å². The maximum Gasteiger partial charge on any atom is 0.227 e. The Hall–Kier alpha value is -3.07. The molecule has 0 radical (unpaired) electrons. The first-order chi connectivity index (χ1) is 13.7. The Morgan fingerprint density at radius 2 is 2.18 bits per heavy atom. The van der Waals surface area contributed by atoms with Crippen LogP contribution in [0.4, 0.5) is 0 Å². The fraction of sp³-hybridized carbons (Fsp3) is 0.421. The zero-order valence-corrected chi connectivity index (χ0v) is 15.4. The highest BCUT2D eigenvalue weighted by Gasteiger charge is 2.44. The monoisotopic (exact) mass is 379 g/mol. The molecule has 3 aromatic rings. The second-order valence-electron chi connectivity index (χ2n) is 7.43. The van der Waals surface area contributed by atoms with Crippen molar-refractivity contribution in [2.75, 3.05) is 13.1 Å². The van der Waals surface area contributed by atoms with Crippen LogP contribution in [0.1, 0.15) is 23.6 Å². The van der Waals surface area contributed by atoms with Crippen LogP contribution in [0.2, 0.25) is 0 Å². The Bertz CT molecular complexity index is 970. The van der Waals surface area contributed by atoms with Gasteiger partial charge in [-0.05, 0) is 18.1 Å². The van der Waals surface area contributed by atoms with Gasteiger partial charge in [0, 0.05) is 31.3 Å². The van der Waals surface area contributed by atoms with Gasteiger partial charge in [-0.25, -0.2) is 4.98 Å². The number of hydrogen-bond donors (Lipinski definition) is 0. The molecule has 1 spiro atoms. The molecule has 5 heterocycles. The number of rotatable bonds is 4. The van der Waals surface area contributed by atoms with Crippen molar-refractivity contribution in [2.24, 2.45) is 0 Å². The van der Waals surface area contributed by atoms with Crippen LogP contribution in [0, 0.1) is 0 Å². The Labute approximate surface area is 162 Å². The number of carbonyl (C=O) groups is 1. The molecule has 2 aliphatic heterocycles. The molecule has 28 heavy (non-hydrogen) atoms. The van der Waals surface area contributed by atoms with Crippen molar-refractivity contribution >= 4 is 5.91 Å². The van der Waals surface area contributed by atoms with Gasteiger partial charge in [0.15, 0.2) is 11.6 Å². The third-order valence-electron chi connectivity index (χ3n) is 5.49. The number of fused-ring (bicyclic) bond motifs is 1. The van der Waals surface area contributed by atoms with Gasteiger partial charge in [-0.1, -0.05) is 6.07 Å². The molecule has 9 nitrogen and oxygen atoms in total. The lowest BCUT2D eigenvalue weighted by atomic mass is 10.0. The molecule has 0 saturated carbocycles. The van der Waals surface area contributed by atoms with Crippen molar-refractivity contribution in [1.29, 1.82) is 0 Å². The molecule has 1 unspecified atom stereocenters. The summed E-state index contributed by atoms with van der Waals surface area (Å²) < 4.78 is 10.3. The molecular weight excluding hydrogens is 358 g/mol. The van der Waals surface area contributed by atoms with E-state index in [4.69, 9.17) is 4.74 Å². The van der Waals surface area contributed by atoms with Gasteiger partial charge in [-0.2, -0.15) is 0 Å². The van der Waals surface area contributed by atoms with Crippen LogP contribution in [-0.4, -0.2) is 58.8 Å². The number of aromatic nitrogens is 6. The Morgan fingerprint density at radius 1 is 1.21 bits per heavy atom. The van der Waals surface area contributed by atoms with E-state index in [-0.39, 0.29) is 11.5 Å². The number of hydrogen-bond acceptors (Lipinski definition) is 6. The SMILES string of the molecule is O=C(Cc1cccnc1)N1CCC2(C1)Cn1c(nnc1Cn1ccnc1)CO2. The first kappa shape index (κ1) is 17.1. The second kappa shape index (κ2) is 6.83. The third kappa shape index (κ3) is 3.18. The van der Waals surface area contributed by atoms with Gasteiger partial charge >= 0.3 is 0 Å². The minimum atomic E-state index is -0.371. The van der Waals surface area contributed by atoms with Crippen LogP contribution in [0.3, 0.4) is 0 Å². The van der Waals surface area contributed by atoms with E-state index in [1.807, 2.05) is 27.8 Å². The molecule has 1 atom stereocenters. The van der Waals surface area contributed by atoms with E-state index < -0.39 is 0 Å². The summed E-state index contributed by atoms with van der Waals surface area (Å²) in [6, 6.07) is 3.79. The van der Waals surface area contributed by atoms with Crippen molar-refractivity contribution < 1.29 is 9.53 Å². The molecule has 3 aromatic heterocycles. The maximum atomic E-state index is 12.7. The molecule has 2 aliphatic rings. The number of carbonyl (C=O) groups excluding carboxylic acids is 1. The van der Waals surface area contributed by atoms with Crippen LogP contribution in [0.5, 0.6) is 0 Å². The molecule has 0 aromatic carbocycles. The van der Waals surface area contributed by atoms with Crippen LogP contribution in [0.25, 0.3) is 0 Å². The Balaban J connectivity index is 1.29. The van der Waals surface area contributed by atoms with Gasteiger partial charge in [0.1, 0.15) is 12.2 Å². The van der Waals surface area contributed by atoms with E-state index in [1.54, 1.807) is 24.9 Å². The molecule has 9 heteroatoms. The lowest BCUT2D eigenvalue weighted by molar-refractivity contribution is -0.132. The normalized spacial score (nSPS) is 21.2. The van der Waals surface area contributed by atoms with Crippen molar-refractivity contribution in [3.8, 4) is 0 Å². The molecular formula is C19H21N7O2. The van der Waals surface area contributed by atoms with Gasteiger partial charge in [0.2, 0.25) is 5.91 Å². The largest absolute Gasteiger partial charge is 0.363 e. The summed E-state index contributed by atoms with van der Waals surface area (Å²) in [5.41, 5.74) is 0.561. The molecule has 0 bridgehead atoms. The summed E-state index contributed by atoms with van der Waals surface area (Å²) in [7, 11) is 0. The van der Waals surface area contributed by atoms with E-state index >= 15 is 0 Å². The van der Waals surface area contributed by atoms with Crippen LogP contribution in [0.15, 0.2) is 43.2 Å². The second-order valence-corrected chi connectivity index (χ2v) is 7.43. The summed E-state index contributed by atoms with van der Waals surface area (Å²) in [5, 5.41) is 8.60. The molecule has 1 fully saturated rings. The first-order valence-corrected chi connectivity index (χ1v) is 9.38. The van der Waals surface area contributed by atoms with Gasteiger partial charge in [0.25, 0.3) is 0 Å². The highest BCUT2D eigenvalue weighted by atomic mass is 16.5. The fourth-order valence-corrected chi connectivity index (χ4v) is 3.97. The quantitative estimate of drug-likeness (QED) is 0.662. The van der Waals surface area contributed by atoms with Gasteiger partial charge in [0.05, 0.1) is 32.4 Å². The molecule has 5 rings (SSSR count). The molecule has 1 amide bonds. The maximum absolute atomic E-state index is 12.7. The average Bonchev–Trinajstić information content (AvgIpc) is 3.45. The number of imidazole rings is 1. The minimum Gasteiger partial charge on any atom is -0.363 e. The predicted octanol–water partition coefficient (Wildman–Crippen LogP) is 0.662. The zero-order valence-electron chi connectivity index (χ0n) is 15.4. The predicted molar refractivity (Wildman–Crippen MR) is 98.0 cm³/mol. The molecule has 0 N–H and O–H groups in total. The molecule has 144 valence electrons. The summed E-state index contributed by atoms with van der Waals surface area (Å²) in [6.07, 6.45) is 10.1. The zero-order chi connectivity index (χ0) is 19.0. The third-order valence-corrected chi connectivity index (χ3v) is 5.49. The molecule has 0 aliphatic carbocycles. The van der Waals surface area contributed by atoms with Crippen LogP contribution < -0.4 is 0 Å². The summed E-state index contributed by atoms with van der Waals surface area (Å²) in [4.78, 5) is 22.8.